The van der Waals surface area contributed by atoms with Crippen LogP contribution >= 0.6 is 0 Å². The largest absolute Gasteiger partial charge is 0.458 e. The van der Waals surface area contributed by atoms with E-state index < -0.39 is 94.5 Å². The number of aliphatic hydroxyl groups excluding tert-OH is 1. The van der Waals surface area contributed by atoms with Crippen molar-refractivity contribution < 1.29 is 62.8 Å². The molecule has 0 unspecified atom stereocenters. The zero-order valence-corrected chi connectivity index (χ0v) is 30.2. The molecule has 4 heterocycles. The highest BCUT2D eigenvalue weighted by atomic mass is 16.8. The highest BCUT2D eigenvalue weighted by Crippen LogP contribution is 2.72. The second kappa shape index (κ2) is 11.4. The molecule has 0 amide bonds. The highest BCUT2D eigenvalue weighted by molar-refractivity contribution is 5.85. The SMILES string of the molecule is CC(=O)O[C@@H]1[C@H]2OC(C)(C)O[C@H]2[C@H](O[C@H]2C[C@H]3OC(C)(C)OC[C@]34[C@H]3[C@H](O)C[C@]5(C)[C@@H](C6=CC(=O)OC6)CC[C@]5(O)[C@@H]3CC[C@]4(O)C2)O[C@H]1C. The van der Waals surface area contributed by atoms with Crippen LogP contribution in [0.5, 0.6) is 0 Å². The van der Waals surface area contributed by atoms with E-state index in [-0.39, 0.29) is 37.4 Å². The Hall–Kier alpha value is -1.68. The summed E-state index contributed by atoms with van der Waals surface area (Å²) in [4.78, 5) is 24.0. The van der Waals surface area contributed by atoms with Gasteiger partial charge in [-0.1, -0.05) is 6.92 Å². The van der Waals surface area contributed by atoms with E-state index >= 15 is 0 Å². The van der Waals surface area contributed by atoms with E-state index in [9.17, 15) is 24.9 Å². The van der Waals surface area contributed by atoms with Crippen molar-refractivity contribution in [2.45, 2.75) is 165 Å². The average molecular weight is 707 g/mol. The van der Waals surface area contributed by atoms with E-state index in [2.05, 4.69) is 0 Å². The van der Waals surface area contributed by atoms with Gasteiger partial charge < -0.3 is 53.2 Å². The lowest BCUT2D eigenvalue weighted by molar-refractivity contribution is -0.407. The molecule has 4 aliphatic heterocycles. The maximum Gasteiger partial charge on any atom is 0.331 e. The zero-order chi connectivity index (χ0) is 35.8. The summed E-state index contributed by atoms with van der Waals surface area (Å²) >= 11 is 0. The van der Waals surface area contributed by atoms with E-state index in [0.717, 1.165) is 5.57 Å². The van der Waals surface area contributed by atoms with Crippen LogP contribution in [0.3, 0.4) is 0 Å². The Morgan fingerprint density at radius 3 is 2.42 bits per heavy atom. The van der Waals surface area contributed by atoms with Crippen LogP contribution in [0.25, 0.3) is 0 Å². The normalized spacial score (nSPS) is 53.2. The summed E-state index contributed by atoms with van der Waals surface area (Å²) in [6.45, 7) is 12.9. The molecule has 3 N–H and O–H groups in total. The van der Waals surface area contributed by atoms with Crippen LogP contribution in [0.1, 0.15) is 93.4 Å². The number of hydrogen-bond acceptors (Lipinski definition) is 13. The number of fused-ring (bicyclic) bond motifs is 4. The number of aliphatic hydroxyl groups is 3. The fraction of sp³-hybridized carbons (Fsp3) is 0.892. The Labute approximate surface area is 293 Å². The van der Waals surface area contributed by atoms with Gasteiger partial charge in [0.05, 0.1) is 47.6 Å². The van der Waals surface area contributed by atoms with Gasteiger partial charge in [-0.25, -0.2) is 4.79 Å². The topological polar surface area (TPSA) is 169 Å². The first-order chi connectivity index (χ1) is 23.3. The monoisotopic (exact) mass is 706 g/mol. The minimum Gasteiger partial charge on any atom is -0.458 e. The van der Waals surface area contributed by atoms with Crippen LogP contribution in [0.15, 0.2) is 11.6 Å². The van der Waals surface area contributed by atoms with Gasteiger partial charge in [-0.2, -0.15) is 0 Å². The van der Waals surface area contributed by atoms with Crippen molar-refractivity contribution in [1.29, 1.82) is 0 Å². The fourth-order valence-corrected chi connectivity index (χ4v) is 12.1. The third-order valence-corrected chi connectivity index (χ3v) is 14.0. The van der Waals surface area contributed by atoms with Crippen molar-refractivity contribution in [3.05, 3.63) is 11.6 Å². The number of esters is 2. The van der Waals surface area contributed by atoms with Crippen molar-refractivity contribution in [3.8, 4) is 0 Å². The molecule has 0 bridgehead atoms. The summed E-state index contributed by atoms with van der Waals surface area (Å²) in [5.41, 5.74) is -3.32. The number of carbonyl (C=O) groups excluding carboxylic acids is 2. The molecule has 0 radical (unpaired) electrons. The summed E-state index contributed by atoms with van der Waals surface area (Å²) in [5, 5.41) is 38.1. The highest BCUT2D eigenvalue weighted by Gasteiger charge is 2.77. The lowest BCUT2D eigenvalue weighted by atomic mass is 9.40. The summed E-state index contributed by atoms with van der Waals surface area (Å²) in [7, 11) is 0. The summed E-state index contributed by atoms with van der Waals surface area (Å²) in [6, 6.07) is 0. The molecule has 50 heavy (non-hydrogen) atoms. The van der Waals surface area contributed by atoms with Crippen molar-refractivity contribution >= 4 is 11.9 Å². The van der Waals surface area contributed by atoms with Gasteiger partial charge in [-0.05, 0) is 84.1 Å². The Morgan fingerprint density at radius 2 is 1.72 bits per heavy atom. The van der Waals surface area contributed by atoms with Crippen LogP contribution in [0, 0.1) is 28.6 Å². The van der Waals surface area contributed by atoms with E-state index in [1.165, 1.54) is 6.92 Å². The lowest BCUT2D eigenvalue weighted by Crippen LogP contribution is -2.78. The molecule has 4 saturated carbocycles. The molecule has 8 aliphatic rings. The molecule has 0 aromatic carbocycles. The predicted octanol–water partition coefficient (Wildman–Crippen LogP) is 2.65. The minimum absolute atomic E-state index is 0.0977. The minimum atomic E-state index is -1.36. The summed E-state index contributed by atoms with van der Waals surface area (Å²) in [6.07, 6.45) is -0.815. The molecule has 8 rings (SSSR count). The lowest BCUT2D eigenvalue weighted by Gasteiger charge is -2.71. The summed E-state index contributed by atoms with van der Waals surface area (Å²) < 4.78 is 49.5. The van der Waals surface area contributed by atoms with Crippen LogP contribution < -0.4 is 0 Å². The molecule has 280 valence electrons. The molecule has 3 saturated heterocycles. The first-order valence-corrected chi connectivity index (χ1v) is 18.5. The van der Waals surface area contributed by atoms with E-state index in [4.69, 9.17) is 37.9 Å². The smallest absolute Gasteiger partial charge is 0.331 e. The zero-order valence-electron chi connectivity index (χ0n) is 30.2. The van der Waals surface area contributed by atoms with Crippen LogP contribution in [-0.2, 0) is 47.5 Å². The standard InChI is InChI=1S/C37H54O13/c1-18-28(46-19(2)38)29-30(50-33(5,6)49-29)31(45-18)47-21-13-25-36(17-44-32(3,4)48-25)27-23(8-10-35(36,41)14-21)37(42)11-9-22(20-12-26(40)43-16-20)34(37,7)15-24(27)39/h12,18,21-25,27-31,39,41-42H,8-11,13-17H2,1-7H3/t18-,21-,22+,23+,24+,25+,27+,28-,29+,30+,31-,34+,35-,36+,37-/m0/s1. The number of ether oxygens (including phenoxy) is 8. The van der Waals surface area contributed by atoms with Crippen molar-refractivity contribution in [1.82, 2.24) is 0 Å². The van der Waals surface area contributed by atoms with Gasteiger partial charge in [0.15, 0.2) is 24.0 Å². The maximum absolute atomic E-state index is 13.0. The molecule has 1 spiro atoms. The second-order valence-electron chi connectivity index (χ2n) is 17.6. The summed E-state index contributed by atoms with van der Waals surface area (Å²) in [5.74, 6) is -3.67. The Kier molecular flexibility index (Phi) is 8.07. The van der Waals surface area contributed by atoms with Gasteiger partial charge in [0, 0.05) is 37.2 Å². The van der Waals surface area contributed by atoms with Gasteiger partial charge in [-0.3, -0.25) is 4.79 Å². The van der Waals surface area contributed by atoms with Crippen LogP contribution in [-0.4, -0.2) is 112 Å². The van der Waals surface area contributed by atoms with Gasteiger partial charge >= 0.3 is 11.9 Å². The first kappa shape index (κ1) is 35.4. The van der Waals surface area contributed by atoms with Gasteiger partial charge in [0.25, 0.3) is 0 Å². The number of cyclic esters (lactones) is 1. The van der Waals surface area contributed by atoms with Crippen molar-refractivity contribution in [2.75, 3.05) is 13.2 Å². The number of rotatable bonds is 4. The first-order valence-electron chi connectivity index (χ1n) is 18.5. The number of hydrogen-bond donors (Lipinski definition) is 3. The Morgan fingerprint density at radius 1 is 0.980 bits per heavy atom. The molecular formula is C37H54O13. The third-order valence-electron chi connectivity index (χ3n) is 14.0. The number of carbonyl (C=O) groups is 2. The molecule has 0 aromatic rings. The molecular weight excluding hydrogens is 652 g/mol. The quantitative estimate of drug-likeness (QED) is 0.289. The van der Waals surface area contributed by atoms with E-state index in [1.807, 2.05) is 27.7 Å². The molecule has 7 fully saturated rings. The fourth-order valence-electron chi connectivity index (χ4n) is 12.1. The van der Waals surface area contributed by atoms with Crippen LogP contribution in [0.2, 0.25) is 0 Å². The molecule has 15 atom stereocenters. The molecule has 13 heteroatoms. The third kappa shape index (κ3) is 5.05. The van der Waals surface area contributed by atoms with Gasteiger partial charge in [0.1, 0.15) is 18.8 Å². The van der Waals surface area contributed by atoms with Gasteiger partial charge in [-0.15, -0.1) is 0 Å². The average Bonchev–Trinajstić information content (AvgIpc) is 3.65. The van der Waals surface area contributed by atoms with Crippen LogP contribution in [0.4, 0.5) is 0 Å². The molecule has 0 aromatic heterocycles. The predicted molar refractivity (Wildman–Crippen MR) is 172 cm³/mol. The Balaban J connectivity index is 1.10. The molecule has 13 nitrogen and oxygen atoms in total. The van der Waals surface area contributed by atoms with Crippen molar-refractivity contribution in [3.63, 3.8) is 0 Å². The van der Waals surface area contributed by atoms with E-state index in [0.29, 0.717) is 38.5 Å². The second-order valence-corrected chi connectivity index (χ2v) is 17.6. The van der Waals surface area contributed by atoms with Gasteiger partial charge in [0.2, 0.25) is 0 Å². The Bertz CT molecular complexity index is 1450. The van der Waals surface area contributed by atoms with Crippen molar-refractivity contribution in [2.24, 2.45) is 28.6 Å². The molecule has 4 aliphatic carbocycles. The van der Waals surface area contributed by atoms with E-state index in [1.54, 1.807) is 19.9 Å². The maximum atomic E-state index is 13.0.